The topological polar surface area (TPSA) is 56.8 Å². The molecule has 3 rings (SSSR count). The maximum Gasteiger partial charge on any atom is 0.226 e. The molecule has 5 nitrogen and oxygen atoms in total. The van der Waals surface area contributed by atoms with Gasteiger partial charge in [-0.25, -0.2) is 0 Å². The van der Waals surface area contributed by atoms with Crippen LogP contribution in [0.15, 0.2) is 0 Å². The van der Waals surface area contributed by atoms with Crippen LogP contribution in [0.3, 0.4) is 0 Å². The van der Waals surface area contributed by atoms with Gasteiger partial charge in [-0.15, -0.1) is 0 Å². The molecule has 0 radical (unpaired) electrons. The molecule has 1 aliphatic carbocycles. The zero-order valence-corrected chi connectivity index (χ0v) is 12.2. The molecule has 1 N–H and O–H groups in total. The molecule has 2 aliphatic heterocycles. The minimum absolute atomic E-state index is 0.0369. The molecule has 1 amide bonds. The first-order chi connectivity index (χ1) is 9.72. The first kappa shape index (κ1) is 14.3. The SMILES string of the molecule is CCC1OCCC1C(=O)NC1CCC2(CC1)OCCO2. The minimum Gasteiger partial charge on any atom is -0.377 e. The van der Waals surface area contributed by atoms with Gasteiger partial charge in [0.2, 0.25) is 5.91 Å². The fourth-order valence-electron chi connectivity index (χ4n) is 3.65. The van der Waals surface area contributed by atoms with Gasteiger partial charge >= 0.3 is 0 Å². The third-order valence-electron chi connectivity index (χ3n) is 4.86. The van der Waals surface area contributed by atoms with Crippen molar-refractivity contribution in [1.29, 1.82) is 0 Å². The Morgan fingerprint density at radius 1 is 1.15 bits per heavy atom. The second-order valence-electron chi connectivity index (χ2n) is 6.10. The minimum atomic E-state index is -0.344. The molecule has 2 unspecified atom stereocenters. The first-order valence-electron chi connectivity index (χ1n) is 7.92. The number of ether oxygens (including phenoxy) is 3. The molecular weight excluding hydrogens is 258 g/mol. The van der Waals surface area contributed by atoms with Crippen molar-refractivity contribution >= 4 is 5.91 Å². The normalized spacial score (nSPS) is 33.6. The van der Waals surface area contributed by atoms with Gasteiger partial charge in [0.1, 0.15) is 0 Å². The average Bonchev–Trinajstić information content (AvgIpc) is 3.11. The molecule has 1 spiro atoms. The third kappa shape index (κ3) is 2.85. The van der Waals surface area contributed by atoms with Crippen molar-refractivity contribution in [1.82, 2.24) is 5.32 Å². The van der Waals surface area contributed by atoms with Gasteiger partial charge in [-0.1, -0.05) is 6.92 Å². The number of carbonyl (C=O) groups excluding carboxylic acids is 1. The standard InChI is InChI=1S/C15H25NO4/c1-2-13-12(5-8-18-13)14(17)16-11-3-6-15(7-4-11)19-9-10-20-15/h11-13H,2-10H2,1H3,(H,16,17). The summed E-state index contributed by atoms with van der Waals surface area (Å²) in [6, 6.07) is 0.263. The van der Waals surface area contributed by atoms with Crippen LogP contribution in [0.25, 0.3) is 0 Å². The second kappa shape index (κ2) is 6.00. The van der Waals surface area contributed by atoms with E-state index in [1.807, 2.05) is 0 Å². The zero-order valence-electron chi connectivity index (χ0n) is 12.2. The number of carbonyl (C=O) groups is 1. The highest BCUT2D eigenvalue weighted by Crippen LogP contribution is 2.36. The van der Waals surface area contributed by atoms with Crippen molar-refractivity contribution in [2.45, 2.75) is 63.4 Å². The van der Waals surface area contributed by atoms with Crippen LogP contribution < -0.4 is 5.32 Å². The Morgan fingerprint density at radius 2 is 1.85 bits per heavy atom. The van der Waals surface area contributed by atoms with Crippen molar-refractivity contribution in [3.05, 3.63) is 0 Å². The molecule has 3 fully saturated rings. The Labute approximate surface area is 120 Å². The van der Waals surface area contributed by atoms with Crippen LogP contribution in [0.1, 0.15) is 45.4 Å². The highest BCUT2D eigenvalue weighted by Gasteiger charge is 2.41. The summed E-state index contributed by atoms with van der Waals surface area (Å²) < 4.78 is 17.0. The predicted octanol–water partition coefficient (Wildman–Crippen LogP) is 1.60. The van der Waals surface area contributed by atoms with Gasteiger partial charge in [0.15, 0.2) is 5.79 Å². The van der Waals surface area contributed by atoms with Gasteiger partial charge < -0.3 is 19.5 Å². The summed E-state index contributed by atoms with van der Waals surface area (Å²) in [7, 11) is 0. The molecule has 0 aromatic rings. The van der Waals surface area contributed by atoms with Gasteiger partial charge in [-0.3, -0.25) is 4.79 Å². The molecule has 0 bridgehead atoms. The number of hydrogen-bond acceptors (Lipinski definition) is 4. The Hall–Kier alpha value is -0.650. The van der Waals surface area contributed by atoms with E-state index < -0.39 is 0 Å². The van der Waals surface area contributed by atoms with E-state index in [2.05, 4.69) is 12.2 Å². The van der Waals surface area contributed by atoms with Gasteiger partial charge in [-0.2, -0.15) is 0 Å². The van der Waals surface area contributed by atoms with Crippen LogP contribution >= 0.6 is 0 Å². The molecule has 2 saturated heterocycles. The predicted molar refractivity (Wildman–Crippen MR) is 73.2 cm³/mol. The lowest BCUT2D eigenvalue weighted by Gasteiger charge is -2.36. The highest BCUT2D eigenvalue weighted by molar-refractivity contribution is 5.79. The number of amides is 1. The number of nitrogens with one attached hydrogen (secondary N) is 1. The van der Waals surface area contributed by atoms with Crippen molar-refractivity contribution < 1.29 is 19.0 Å². The molecular formula is C15H25NO4. The summed E-state index contributed by atoms with van der Waals surface area (Å²) in [5.41, 5.74) is 0. The van der Waals surface area contributed by atoms with Gasteiger partial charge in [0.05, 0.1) is 25.2 Å². The molecule has 1 saturated carbocycles. The molecule has 3 aliphatic rings. The highest BCUT2D eigenvalue weighted by atomic mass is 16.7. The summed E-state index contributed by atoms with van der Waals surface area (Å²) in [5, 5.41) is 3.20. The largest absolute Gasteiger partial charge is 0.377 e. The van der Waals surface area contributed by atoms with E-state index in [0.717, 1.165) is 38.5 Å². The summed E-state index contributed by atoms with van der Waals surface area (Å²) in [5.74, 6) is -0.137. The van der Waals surface area contributed by atoms with Crippen LogP contribution in [0.5, 0.6) is 0 Å². The third-order valence-corrected chi connectivity index (χ3v) is 4.86. The molecule has 2 atom stereocenters. The Kier molecular flexibility index (Phi) is 4.29. The Bertz CT molecular complexity index is 344. The summed E-state index contributed by atoms with van der Waals surface area (Å²) >= 11 is 0. The second-order valence-corrected chi connectivity index (χ2v) is 6.10. The number of rotatable bonds is 3. The van der Waals surface area contributed by atoms with E-state index in [1.54, 1.807) is 0 Å². The van der Waals surface area contributed by atoms with Gasteiger partial charge in [-0.05, 0) is 25.7 Å². The summed E-state index contributed by atoms with van der Waals surface area (Å²) in [6.07, 6.45) is 5.52. The fourth-order valence-corrected chi connectivity index (χ4v) is 3.65. The van der Waals surface area contributed by atoms with Crippen LogP contribution in [0, 0.1) is 5.92 Å². The maximum atomic E-state index is 12.3. The van der Waals surface area contributed by atoms with Crippen LogP contribution in [-0.2, 0) is 19.0 Å². The lowest BCUT2D eigenvalue weighted by molar-refractivity contribution is -0.180. The van der Waals surface area contributed by atoms with Crippen molar-refractivity contribution in [2.75, 3.05) is 19.8 Å². The van der Waals surface area contributed by atoms with Crippen LogP contribution in [0.4, 0.5) is 0 Å². The van der Waals surface area contributed by atoms with E-state index in [1.165, 1.54) is 0 Å². The van der Waals surface area contributed by atoms with Crippen LogP contribution in [0.2, 0.25) is 0 Å². The van der Waals surface area contributed by atoms with E-state index in [4.69, 9.17) is 14.2 Å². The van der Waals surface area contributed by atoms with Crippen molar-refractivity contribution in [3.8, 4) is 0 Å². The zero-order chi connectivity index (χ0) is 14.0. The molecule has 5 heteroatoms. The van der Waals surface area contributed by atoms with E-state index >= 15 is 0 Å². The average molecular weight is 283 g/mol. The van der Waals surface area contributed by atoms with Gasteiger partial charge in [0.25, 0.3) is 0 Å². The summed E-state index contributed by atoms with van der Waals surface area (Å²) in [6.45, 7) is 4.20. The Morgan fingerprint density at radius 3 is 2.50 bits per heavy atom. The van der Waals surface area contributed by atoms with E-state index in [9.17, 15) is 4.79 Å². The fraction of sp³-hybridized carbons (Fsp3) is 0.933. The van der Waals surface area contributed by atoms with Gasteiger partial charge in [0, 0.05) is 25.5 Å². The lowest BCUT2D eigenvalue weighted by Crippen LogP contribution is -2.46. The smallest absolute Gasteiger partial charge is 0.226 e. The maximum absolute atomic E-state index is 12.3. The van der Waals surface area contributed by atoms with E-state index in [-0.39, 0.29) is 29.8 Å². The van der Waals surface area contributed by atoms with Crippen LogP contribution in [-0.4, -0.2) is 43.7 Å². The lowest BCUT2D eigenvalue weighted by atomic mass is 9.89. The molecule has 2 heterocycles. The van der Waals surface area contributed by atoms with Crippen molar-refractivity contribution in [3.63, 3.8) is 0 Å². The molecule has 114 valence electrons. The van der Waals surface area contributed by atoms with Crippen molar-refractivity contribution in [2.24, 2.45) is 5.92 Å². The van der Waals surface area contributed by atoms with E-state index in [0.29, 0.717) is 19.8 Å². The number of hydrogen-bond donors (Lipinski definition) is 1. The molecule has 0 aromatic carbocycles. The Balaban J connectivity index is 1.48. The summed E-state index contributed by atoms with van der Waals surface area (Å²) in [4.78, 5) is 12.3. The molecule has 0 aromatic heterocycles. The first-order valence-corrected chi connectivity index (χ1v) is 7.92. The monoisotopic (exact) mass is 283 g/mol. The quantitative estimate of drug-likeness (QED) is 0.855. The molecule has 20 heavy (non-hydrogen) atoms.